The molecule has 140 valence electrons. The highest BCUT2D eigenvalue weighted by Gasteiger charge is 2.27. The van der Waals surface area contributed by atoms with Gasteiger partial charge in [0, 0.05) is 17.3 Å². The highest BCUT2D eigenvalue weighted by Crippen LogP contribution is 2.31. The minimum atomic E-state index is -0.376. The molecule has 0 amide bonds. The molecule has 0 aliphatic heterocycles. The maximum Gasteiger partial charge on any atom is 0.0509 e. The quantitative estimate of drug-likeness (QED) is 0.327. The zero-order valence-corrected chi connectivity index (χ0v) is 17.1. The summed E-state index contributed by atoms with van der Waals surface area (Å²) in [6, 6.07) is 0. The van der Waals surface area contributed by atoms with Crippen molar-refractivity contribution >= 4 is 0 Å². The first-order chi connectivity index (χ1) is 11.1. The van der Waals surface area contributed by atoms with E-state index in [9.17, 15) is 10.2 Å². The van der Waals surface area contributed by atoms with Gasteiger partial charge in [0.2, 0.25) is 0 Å². The maximum atomic E-state index is 9.83. The summed E-state index contributed by atoms with van der Waals surface area (Å²) < 4.78 is 0. The molecule has 0 saturated carbocycles. The average Bonchev–Trinajstić information content (AvgIpc) is 2.47. The Bertz CT molecular complexity index is 413. The van der Waals surface area contributed by atoms with Gasteiger partial charge < -0.3 is 10.2 Å². The molecule has 0 aliphatic rings. The van der Waals surface area contributed by atoms with Crippen molar-refractivity contribution in [2.45, 2.75) is 80.6 Å². The van der Waals surface area contributed by atoms with E-state index in [0.29, 0.717) is 11.8 Å². The summed E-state index contributed by atoms with van der Waals surface area (Å²) in [6.45, 7) is 15.3. The molecule has 0 aromatic rings. The monoisotopic (exact) mass is 336 g/mol. The lowest BCUT2D eigenvalue weighted by Gasteiger charge is -2.29. The van der Waals surface area contributed by atoms with Crippen molar-refractivity contribution in [1.82, 2.24) is 0 Å². The van der Waals surface area contributed by atoms with Crippen molar-refractivity contribution in [1.29, 1.82) is 0 Å². The topological polar surface area (TPSA) is 40.5 Å². The molecule has 24 heavy (non-hydrogen) atoms. The maximum absolute atomic E-state index is 9.83. The van der Waals surface area contributed by atoms with Crippen LogP contribution in [0.25, 0.3) is 0 Å². The summed E-state index contributed by atoms with van der Waals surface area (Å²) in [5.74, 6) is 7.57. The fourth-order valence-corrected chi connectivity index (χ4v) is 3.05. The molecule has 0 aliphatic carbocycles. The number of aliphatic hydroxyl groups excluding tert-OH is 2. The Morgan fingerprint density at radius 3 is 1.92 bits per heavy atom. The van der Waals surface area contributed by atoms with Crippen LogP contribution in [0.2, 0.25) is 0 Å². The van der Waals surface area contributed by atoms with Crippen molar-refractivity contribution in [3.05, 3.63) is 11.6 Å². The van der Waals surface area contributed by atoms with E-state index in [0.717, 1.165) is 32.1 Å². The van der Waals surface area contributed by atoms with E-state index in [-0.39, 0.29) is 24.0 Å². The van der Waals surface area contributed by atoms with Gasteiger partial charge in [0.15, 0.2) is 0 Å². The number of aliphatic hydroxyl groups is 2. The number of hydrogen-bond donors (Lipinski definition) is 2. The highest BCUT2D eigenvalue weighted by atomic mass is 16.3. The van der Waals surface area contributed by atoms with E-state index in [4.69, 9.17) is 0 Å². The first-order valence-corrected chi connectivity index (χ1v) is 9.48. The summed E-state index contributed by atoms with van der Waals surface area (Å²) >= 11 is 0. The summed E-state index contributed by atoms with van der Waals surface area (Å²) in [7, 11) is 0. The molecule has 0 bridgehead atoms. The lowest BCUT2D eigenvalue weighted by Crippen LogP contribution is -2.29. The number of hydrogen-bond acceptors (Lipinski definition) is 2. The van der Waals surface area contributed by atoms with Crippen LogP contribution in [-0.2, 0) is 0 Å². The molecule has 0 fully saturated rings. The Morgan fingerprint density at radius 2 is 1.50 bits per heavy atom. The van der Waals surface area contributed by atoms with Gasteiger partial charge in [-0.3, -0.25) is 0 Å². The molecule has 0 aromatic carbocycles. The van der Waals surface area contributed by atoms with Gasteiger partial charge in [-0.15, -0.1) is 5.92 Å². The average molecular weight is 337 g/mol. The lowest BCUT2D eigenvalue weighted by atomic mass is 9.79. The molecule has 2 heteroatoms. The third-order valence-electron chi connectivity index (χ3n) is 4.53. The second-order valence-corrected chi connectivity index (χ2v) is 8.77. The van der Waals surface area contributed by atoms with Gasteiger partial charge in [-0.05, 0) is 58.3 Å². The van der Waals surface area contributed by atoms with Crippen LogP contribution < -0.4 is 0 Å². The fraction of sp³-hybridized carbons (Fsp3) is 0.818. The summed E-state index contributed by atoms with van der Waals surface area (Å²) in [5, 5.41) is 19.7. The number of unbranched alkanes of at least 4 members (excludes halogenated alkanes) is 1. The number of allylic oxidation sites excluding steroid dienone is 2. The zero-order valence-electron chi connectivity index (χ0n) is 17.1. The van der Waals surface area contributed by atoms with Gasteiger partial charge in [-0.25, -0.2) is 0 Å². The minimum absolute atomic E-state index is 0.0416. The Balaban J connectivity index is 4.65. The molecule has 0 heterocycles. The van der Waals surface area contributed by atoms with Crippen LogP contribution in [0.15, 0.2) is 11.6 Å². The second-order valence-electron chi connectivity index (χ2n) is 8.77. The van der Waals surface area contributed by atoms with E-state index in [2.05, 4.69) is 66.4 Å². The molecule has 0 spiro atoms. The van der Waals surface area contributed by atoms with Crippen LogP contribution in [0.4, 0.5) is 0 Å². The SMILES string of the molecule is CC(C)C(=CCCC(CO)(CO)CCCC#CC(C)(C)C)C(C)C. The van der Waals surface area contributed by atoms with E-state index >= 15 is 0 Å². The molecule has 0 unspecified atom stereocenters. The molecule has 2 N–H and O–H groups in total. The third kappa shape index (κ3) is 9.50. The molecule has 0 aromatic heterocycles. The van der Waals surface area contributed by atoms with Crippen molar-refractivity contribution in [2.75, 3.05) is 13.2 Å². The van der Waals surface area contributed by atoms with Gasteiger partial charge in [0.25, 0.3) is 0 Å². The molecule has 2 nitrogen and oxygen atoms in total. The van der Waals surface area contributed by atoms with Crippen molar-refractivity contribution < 1.29 is 10.2 Å². The third-order valence-corrected chi connectivity index (χ3v) is 4.53. The van der Waals surface area contributed by atoms with Crippen LogP contribution in [0, 0.1) is 34.5 Å². The van der Waals surface area contributed by atoms with Gasteiger partial charge in [-0.2, -0.15) is 0 Å². The summed E-state index contributed by atoms with van der Waals surface area (Å²) in [5.41, 5.74) is 1.13. The number of rotatable bonds is 10. The van der Waals surface area contributed by atoms with Crippen LogP contribution in [0.1, 0.15) is 80.6 Å². The highest BCUT2D eigenvalue weighted by molar-refractivity contribution is 5.08. The lowest BCUT2D eigenvalue weighted by molar-refractivity contribution is 0.0391. The molecule has 0 radical (unpaired) electrons. The van der Waals surface area contributed by atoms with Gasteiger partial charge in [-0.1, -0.05) is 45.3 Å². The Hall–Kier alpha value is -0.780. The van der Waals surface area contributed by atoms with Crippen LogP contribution in [0.3, 0.4) is 0 Å². The van der Waals surface area contributed by atoms with Crippen LogP contribution >= 0.6 is 0 Å². The standard InChI is InChI=1S/C22H40O2/c1-18(2)20(19(3)4)12-11-15-22(16-23,17-24)14-10-8-9-13-21(5,6)7/h12,18-19,23-24H,8,10-11,14-17H2,1-7H3. The van der Waals surface area contributed by atoms with E-state index in [1.165, 1.54) is 5.57 Å². The van der Waals surface area contributed by atoms with Gasteiger partial charge in [0.1, 0.15) is 0 Å². The largest absolute Gasteiger partial charge is 0.396 e. The first-order valence-electron chi connectivity index (χ1n) is 9.48. The second kappa shape index (κ2) is 11.0. The van der Waals surface area contributed by atoms with Crippen molar-refractivity contribution in [2.24, 2.45) is 22.7 Å². The van der Waals surface area contributed by atoms with Crippen molar-refractivity contribution in [3.8, 4) is 11.8 Å². The Kier molecular flexibility index (Phi) is 10.6. The predicted octanol–water partition coefficient (Wildman–Crippen LogP) is 5.20. The predicted molar refractivity (Wildman–Crippen MR) is 105 cm³/mol. The molecular formula is C22H40O2. The molecule has 0 atom stereocenters. The zero-order chi connectivity index (χ0) is 18.8. The fourth-order valence-electron chi connectivity index (χ4n) is 3.05. The van der Waals surface area contributed by atoms with Crippen LogP contribution in [0.5, 0.6) is 0 Å². The molecule has 0 rings (SSSR count). The van der Waals surface area contributed by atoms with Gasteiger partial charge in [0.05, 0.1) is 13.2 Å². The smallest absolute Gasteiger partial charge is 0.0509 e. The summed E-state index contributed by atoms with van der Waals surface area (Å²) in [4.78, 5) is 0. The van der Waals surface area contributed by atoms with Gasteiger partial charge >= 0.3 is 0 Å². The van der Waals surface area contributed by atoms with Crippen molar-refractivity contribution in [3.63, 3.8) is 0 Å². The van der Waals surface area contributed by atoms with E-state index < -0.39 is 0 Å². The minimum Gasteiger partial charge on any atom is -0.396 e. The van der Waals surface area contributed by atoms with Crippen LogP contribution in [-0.4, -0.2) is 23.4 Å². The Morgan fingerprint density at radius 1 is 0.958 bits per heavy atom. The summed E-state index contributed by atoms with van der Waals surface area (Å²) in [6.07, 6.45) is 6.64. The van der Waals surface area contributed by atoms with E-state index in [1.807, 2.05) is 0 Å². The van der Waals surface area contributed by atoms with E-state index in [1.54, 1.807) is 0 Å². The molecule has 0 saturated heterocycles. The first kappa shape index (κ1) is 23.2. The molecular weight excluding hydrogens is 296 g/mol. The normalized spacial score (nSPS) is 12.3. The Labute approximate surface area is 150 Å².